The van der Waals surface area contributed by atoms with Crippen molar-refractivity contribution >= 4 is 0 Å². The Morgan fingerprint density at radius 2 is 1.44 bits per heavy atom. The minimum absolute atomic E-state index is 1.14. The van der Waals surface area contributed by atoms with Crippen molar-refractivity contribution in [1.29, 1.82) is 0 Å². The third-order valence-corrected chi connectivity index (χ3v) is 2.75. The van der Waals surface area contributed by atoms with Gasteiger partial charge in [0, 0.05) is 12.4 Å². The molecule has 0 N–H and O–H groups in total. The maximum Gasteiger partial charge on any atom is 0.0299 e. The molecule has 82 valence electrons. The first-order chi connectivity index (χ1) is 7.95. The number of pyridine rings is 1. The highest BCUT2D eigenvalue weighted by atomic mass is 14.6. The highest BCUT2D eigenvalue weighted by Crippen LogP contribution is 2.08. The zero-order chi connectivity index (χ0) is 11.1. The molecule has 0 saturated carbocycles. The van der Waals surface area contributed by atoms with Gasteiger partial charge < -0.3 is 0 Å². The molecule has 1 nitrogen and oxygen atoms in total. The minimum Gasteiger partial charge on any atom is -0.264 e. The van der Waals surface area contributed by atoms with E-state index in [9.17, 15) is 0 Å². The SMILES string of the molecule is c1ccc(CCCCc2cccnc2)cc1. The molecule has 0 unspecified atom stereocenters. The molecule has 1 aromatic heterocycles. The average Bonchev–Trinajstić information content (AvgIpc) is 2.37. The number of hydrogen-bond acceptors (Lipinski definition) is 1. The summed E-state index contributed by atoms with van der Waals surface area (Å²) >= 11 is 0. The van der Waals surface area contributed by atoms with E-state index in [0.717, 1.165) is 6.42 Å². The lowest BCUT2D eigenvalue weighted by Crippen LogP contribution is -1.89. The first-order valence-corrected chi connectivity index (χ1v) is 5.88. The predicted octanol–water partition coefficient (Wildman–Crippen LogP) is 3.65. The van der Waals surface area contributed by atoms with Crippen LogP contribution in [-0.4, -0.2) is 4.98 Å². The summed E-state index contributed by atoms with van der Waals surface area (Å²) in [6, 6.07) is 14.8. The summed E-state index contributed by atoms with van der Waals surface area (Å²) in [6.07, 6.45) is 8.59. The fraction of sp³-hybridized carbons (Fsp3) is 0.267. The number of rotatable bonds is 5. The highest BCUT2D eigenvalue weighted by Gasteiger charge is 1.94. The van der Waals surface area contributed by atoms with Crippen LogP contribution in [-0.2, 0) is 12.8 Å². The maximum atomic E-state index is 4.12. The second-order valence-corrected chi connectivity index (χ2v) is 4.05. The van der Waals surface area contributed by atoms with Crippen LogP contribution in [0.2, 0.25) is 0 Å². The van der Waals surface area contributed by atoms with Crippen LogP contribution in [0.5, 0.6) is 0 Å². The maximum absolute atomic E-state index is 4.12. The van der Waals surface area contributed by atoms with Gasteiger partial charge >= 0.3 is 0 Å². The van der Waals surface area contributed by atoms with Crippen LogP contribution in [0.15, 0.2) is 54.9 Å². The molecule has 1 aromatic carbocycles. The Bertz CT molecular complexity index is 353. The second-order valence-electron chi connectivity index (χ2n) is 4.05. The van der Waals surface area contributed by atoms with E-state index in [1.54, 1.807) is 0 Å². The van der Waals surface area contributed by atoms with Crippen molar-refractivity contribution < 1.29 is 0 Å². The Balaban J connectivity index is 1.70. The Morgan fingerprint density at radius 1 is 0.750 bits per heavy atom. The zero-order valence-corrected chi connectivity index (χ0v) is 9.47. The topological polar surface area (TPSA) is 12.9 Å². The number of unbranched alkanes of at least 4 members (excludes halogenated alkanes) is 1. The molecular formula is C15H17N. The van der Waals surface area contributed by atoms with Crippen LogP contribution >= 0.6 is 0 Å². The van der Waals surface area contributed by atoms with Gasteiger partial charge in [0.1, 0.15) is 0 Å². The largest absolute Gasteiger partial charge is 0.264 e. The van der Waals surface area contributed by atoms with Gasteiger partial charge in [-0.1, -0.05) is 36.4 Å². The Hall–Kier alpha value is -1.63. The van der Waals surface area contributed by atoms with Crippen molar-refractivity contribution in [3.63, 3.8) is 0 Å². The van der Waals surface area contributed by atoms with Crippen molar-refractivity contribution in [3.8, 4) is 0 Å². The molecule has 0 atom stereocenters. The molecule has 16 heavy (non-hydrogen) atoms. The van der Waals surface area contributed by atoms with Gasteiger partial charge in [0.2, 0.25) is 0 Å². The Kier molecular flexibility index (Phi) is 4.12. The summed E-state index contributed by atoms with van der Waals surface area (Å²) in [7, 11) is 0. The van der Waals surface area contributed by atoms with Crippen molar-refractivity contribution in [1.82, 2.24) is 4.98 Å². The molecule has 0 amide bonds. The number of hydrogen-bond donors (Lipinski definition) is 0. The van der Waals surface area contributed by atoms with Crippen LogP contribution in [0.25, 0.3) is 0 Å². The second kappa shape index (κ2) is 6.06. The van der Waals surface area contributed by atoms with E-state index in [2.05, 4.69) is 41.4 Å². The van der Waals surface area contributed by atoms with Crippen molar-refractivity contribution in [3.05, 3.63) is 66.0 Å². The third kappa shape index (κ3) is 3.50. The summed E-state index contributed by atoms with van der Waals surface area (Å²) in [6.45, 7) is 0. The molecule has 0 aliphatic carbocycles. The molecular weight excluding hydrogens is 194 g/mol. The van der Waals surface area contributed by atoms with E-state index < -0.39 is 0 Å². The predicted molar refractivity (Wildman–Crippen MR) is 67.3 cm³/mol. The summed E-state index contributed by atoms with van der Waals surface area (Å²) in [4.78, 5) is 4.12. The van der Waals surface area contributed by atoms with E-state index in [0.29, 0.717) is 0 Å². The number of benzene rings is 1. The summed E-state index contributed by atoms with van der Waals surface area (Å²) in [5.41, 5.74) is 2.78. The van der Waals surface area contributed by atoms with Gasteiger partial charge in [0.05, 0.1) is 0 Å². The van der Waals surface area contributed by atoms with Gasteiger partial charge in [0.15, 0.2) is 0 Å². The van der Waals surface area contributed by atoms with Gasteiger partial charge in [-0.25, -0.2) is 0 Å². The van der Waals surface area contributed by atoms with E-state index in [-0.39, 0.29) is 0 Å². The standard InChI is InChI=1S/C15H17N/c1-2-7-14(8-3-1)9-4-5-10-15-11-6-12-16-13-15/h1-3,6-8,11-13H,4-5,9-10H2. The molecule has 0 spiro atoms. The molecule has 2 rings (SSSR count). The minimum atomic E-state index is 1.14. The van der Waals surface area contributed by atoms with Gasteiger partial charge in [0.25, 0.3) is 0 Å². The number of nitrogens with zero attached hydrogens (tertiary/aromatic N) is 1. The van der Waals surface area contributed by atoms with Crippen LogP contribution in [0, 0.1) is 0 Å². The first kappa shape index (κ1) is 10.9. The lowest BCUT2D eigenvalue weighted by atomic mass is 10.0. The number of aryl methyl sites for hydroxylation is 2. The van der Waals surface area contributed by atoms with Crippen LogP contribution < -0.4 is 0 Å². The molecule has 0 saturated heterocycles. The summed E-state index contributed by atoms with van der Waals surface area (Å²) in [5.74, 6) is 0. The normalized spacial score (nSPS) is 10.2. The number of aromatic nitrogens is 1. The van der Waals surface area contributed by atoms with E-state index >= 15 is 0 Å². The molecule has 1 heteroatoms. The van der Waals surface area contributed by atoms with E-state index in [1.807, 2.05) is 18.5 Å². The smallest absolute Gasteiger partial charge is 0.0299 e. The molecule has 1 heterocycles. The van der Waals surface area contributed by atoms with Crippen molar-refractivity contribution in [2.24, 2.45) is 0 Å². The van der Waals surface area contributed by atoms with Gasteiger partial charge in [-0.05, 0) is 42.9 Å². The zero-order valence-electron chi connectivity index (χ0n) is 9.47. The highest BCUT2D eigenvalue weighted by molar-refractivity contribution is 5.14. The summed E-state index contributed by atoms with van der Waals surface area (Å²) in [5, 5.41) is 0. The van der Waals surface area contributed by atoms with Crippen molar-refractivity contribution in [2.75, 3.05) is 0 Å². The molecule has 0 aliphatic rings. The van der Waals surface area contributed by atoms with Gasteiger partial charge in [-0.3, -0.25) is 4.98 Å². The monoisotopic (exact) mass is 211 g/mol. The molecule has 0 radical (unpaired) electrons. The van der Waals surface area contributed by atoms with Crippen LogP contribution in [0.1, 0.15) is 24.0 Å². The molecule has 0 aliphatic heterocycles. The lowest BCUT2D eigenvalue weighted by molar-refractivity contribution is 0.732. The third-order valence-electron chi connectivity index (χ3n) is 2.75. The first-order valence-electron chi connectivity index (χ1n) is 5.88. The Morgan fingerprint density at radius 3 is 2.12 bits per heavy atom. The molecule has 0 bridgehead atoms. The fourth-order valence-electron chi connectivity index (χ4n) is 1.85. The van der Waals surface area contributed by atoms with E-state index in [4.69, 9.17) is 0 Å². The lowest BCUT2D eigenvalue weighted by Gasteiger charge is -2.01. The van der Waals surface area contributed by atoms with Crippen LogP contribution in [0.4, 0.5) is 0 Å². The van der Waals surface area contributed by atoms with Crippen molar-refractivity contribution in [2.45, 2.75) is 25.7 Å². The summed E-state index contributed by atoms with van der Waals surface area (Å²) < 4.78 is 0. The van der Waals surface area contributed by atoms with Gasteiger partial charge in [-0.2, -0.15) is 0 Å². The van der Waals surface area contributed by atoms with E-state index in [1.165, 1.54) is 30.4 Å². The fourth-order valence-corrected chi connectivity index (χ4v) is 1.85. The Labute approximate surface area is 97.2 Å². The van der Waals surface area contributed by atoms with Crippen LogP contribution in [0.3, 0.4) is 0 Å². The van der Waals surface area contributed by atoms with Gasteiger partial charge in [-0.15, -0.1) is 0 Å². The average molecular weight is 211 g/mol. The quantitative estimate of drug-likeness (QED) is 0.688. The molecule has 2 aromatic rings. The molecule has 0 fully saturated rings.